The first kappa shape index (κ1) is 47.2. The normalized spacial score (nSPS) is 33.1. The number of esters is 1. The lowest BCUT2D eigenvalue weighted by atomic mass is 9.78. The molecule has 15 atom stereocenters. The van der Waals surface area contributed by atoms with E-state index in [0.29, 0.717) is 25.1 Å². The van der Waals surface area contributed by atoms with Gasteiger partial charge in [-0.05, 0) is 58.3 Å². The summed E-state index contributed by atoms with van der Waals surface area (Å²) in [6.07, 6.45) is -16.5. The van der Waals surface area contributed by atoms with Crippen LogP contribution in [-0.4, -0.2) is 163 Å². The van der Waals surface area contributed by atoms with Crippen LogP contribution < -0.4 is 5.32 Å². The molecular weight excluding hydrogens is 812 g/mol. The van der Waals surface area contributed by atoms with E-state index in [4.69, 9.17) is 28.4 Å². The molecule has 6 unspecified atom stereocenters. The molecule has 2 aliphatic heterocycles. The van der Waals surface area contributed by atoms with Crippen molar-refractivity contribution in [2.45, 2.75) is 138 Å². The Labute approximate surface area is 358 Å². The molecule has 0 amide bonds. The first-order chi connectivity index (χ1) is 29.8. The second-order valence-electron chi connectivity index (χ2n) is 16.0. The van der Waals surface area contributed by atoms with E-state index >= 15 is 0 Å². The number of aliphatic hydroxyl groups is 5. The number of carbonyl (C=O) groups excluding carboxylic acids is 2. The highest BCUT2D eigenvalue weighted by Crippen LogP contribution is 2.42. The van der Waals surface area contributed by atoms with Gasteiger partial charge in [0.2, 0.25) is 0 Å². The number of carboxylic acids is 1. The minimum absolute atomic E-state index is 0.0250. The van der Waals surface area contributed by atoms with E-state index in [2.05, 4.69) is 15.6 Å². The summed E-state index contributed by atoms with van der Waals surface area (Å²) in [7, 11) is 1.78. The number of hydrogen-bond acceptors (Lipinski definition) is 17. The number of benzene rings is 2. The third-order valence-electron chi connectivity index (χ3n) is 11.6. The number of nitrogens with one attached hydrogen (secondary N) is 1. The van der Waals surface area contributed by atoms with Gasteiger partial charge in [0, 0.05) is 17.9 Å². The van der Waals surface area contributed by atoms with Gasteiger partial charge in [0.1, 0.15) is 54.2 Å². The molecule has 3 aliphatic rings. The molecule has 3 aromatic rings. The van der Waals surface area contributed by atoms with Gasteiger partial charge in [-0.3, -0.25) is 4.79 Å². The maximum absolute atomic E-state index is 14.1. The van der Waals surface area contributed by atoms with E-state index in [-0.39, 0.29) is 37.0 Å². The fourth-order valence-corrected chi connectivity index (χ4v) is 8.19. The molecule has 0 radical (unpaired) electrons. The van der Waals surface area contributed by atoms with E-state index in [9.17, 15) is 45.0 Å². The van der Waals surface area contributed by atoms with Crippen molar-refractivity contribution in [3.63, 3.8) is 0 Å². The molecular formula is C43H58N4O15. The van der Waals surface area contributed by atoms with Gasteiger partial charge in [-0.1, -0.05) is 67.1 Å². The zero-order chi connectivity index (χ0) is 44.5. The second kappa shape index (κ2) is 21.9. The molecule has 2 aromatic carbocycles. The predicted molar refractivity (Wildman–Crippen MR) is 216 cm³/mol. The van der Waals surface area contributed by atoms with Crippen molar-refractivity contribution in [3.8, 4) is 11.3 Å². The molecule has 6 rings (SSSR count). The van der Waals surface area contributed by atoms with Crippen LogP contribution in [0.15, 0.2) is 66.9 Å². The van der Waals surface area contributed by atoms with E-state index < -0.39 is 110 Å². The van der Waals surface area contributed by atoms with Crippen LogP contribution in [0.5, 0.6) is 0 Å². The van der Waals surface area contributed by atoms with Gasteiger partial charge < -0.3 is 64.4 Å². The van der Waals surface area contributed by atoms with E-state index in [1.54, 1.807) is 38.4 Å². The average molecular weight is 871 g/mol. The van der Waals surface area contributed by atoms with Gasteiger partial charge in [0.15, 0.2) is 24.8 Å². The fourth-order valence-electron chi connectivity index (χ4n) is 8.19. The highest BCUT2D eigenvalue weighted by atomic mass is 16.7. The second-order valence-corrected chi connectivity index (χ2v) is 16.0. The van der Waals surface area contributed by atoms with Crippen molar-refractivity contribution >= 4 is 17.7 Å². The lowest BCUT2D eigenvalue weighted by Gasteiger charge is -2.48. The summed E-state index contributed by atoms with van der Waals surface area (Å²) < 4.78 is 38.9. The van der Waals surface area contributed by atoms with E-state index in [1.165, 1.54) is 23.7 Å². The van der Waals surface area contributed by atoms with Crippen LogP contribution in [0.4, 0.5) is 0 Å². The topological polar surface area (TPSA) is 271 Å². The van der Waals surface area contributed by atoms with Crippen LogP contribution >= 0.6 is 0 Å². The number of carbonyl (C=O) groups is 3. The molecule has 7 N–H and O–H groups in total. The molecule has 1 aromatic heterocycles. The standard InChI is InChI=1S/C43H58N4O15/c1-4-12-30(40(54)55)58-38-34(51)32(22-48)60-43(39(38)61-41(56)25-15-9-6-10-16-25)59-31-20-26(29(49)17-11-18-44-3)19-28(47-21-27(45-46-47)24-13-7-5-8-14-24)37(31)62-42-36(53)35(52)33(50)23(2)57-42/h5-10,13-16,21,23,26,28,30-39,42-44,48,50-53H,4,11-12,17-20,22H2,1-3H3,(H,54,55)/t23?,26?,28?,30-,31+,32-,33+,34-,35-,36?,37+,38?,39?,42-,43+/m0/s1. The van der Waals surface area contributed by atoms with Gasteiger partial charge in [-0.25, -0.2) is 14.3 Å². The van der Waals surface area contributed by atoms with E-state index in [1.807, 2.05) is 30.3 Å². The van der Waals surface area contributed by atoms with Crippen molar-refractivity contribution in [1.29, 1.82) is 0 Å². The highest BCUT2D eigenvalue weighted by Gasteiger charge is 2.54. The van der Waals surface area contributed by atoms with Gasteiger partial charge in [-0.2, -0.15) is 0 Å². The lowest BCUT2D eigenvalue weighted by molar-refractivity contribution is -0.348. The van der Waals surface area contributed by atoms with Gasteiger partial charge in [0.05, 0.1) is 36.6 Å². The molecule has 1 saturated carbocycles. The van der Waals surface area contributed by atoms with Crippen LogP contribution in [0.1, 0.15) is 68.8 Å². The number of aliphatic hydroxyl groups excluding tert-OH is 5. The molecule has 1 aliphatic carbocycles. The minimum atomic E-state index is -1.75. The van der Waals surface area contributed by atoms with Crippen LogP contribution in [0, 0.1) is 5.92 Å². The summed E-state index contributed by atoms with van der Waals surface area (Å²) >= 11 is 0. The van der Waals surface area contributed by atoms with Gasteiger partial charge in [0.25, 0.3) is 0 Å². The Bertz CT molecular complexity index is 1890. The van der Waals surface area contributed by atoms with Crippen molar-refractivity contribution in [2.75, 3.05) is 20.2 Å². The summed E-state index contributed by atoms with van der Waals surface area (Å²) in [6.45, 7) is 3.03. The van der Waals surface area contributed by atoms with Crippen molar-refractivity contribution in [3.05, 3.63) is 72.4 Å². The number of Topliss-reactive ketones (excluding diaryl/α,β-unsaturated/α-hetero) is 1. The molecule has 340 valence electrons. The maximum atomic E-state index is 14.1. The van der Waals surface area contributed by atoms with Crippen LogP contribution in [0.3, 0.4) is 0 Å². The Hall–Kier alpha value is -4.25. The Balaban J connectivity index is 1.44. The van der Waals surface area contributed by atoms with Crippen LogP contribution in [0.2, 0.25) is 0 Å². The first-order valence-corrected chi connectivity index (χ1v) is 21.1. The maximum Gasteiger partial charge on any atom is 0.338 e. The van der Waals surface area contributed by atoms with E-state index in [0.717, 1.165) is 5.56 Å². The van der Waals surface area contributed by atoms with Crippen molar-refractivity contribution in [1.82, 2.24) is 20.3 Å². The van der Waals surface area contributed by atoms with Crippen LogP contribution in [-0.2, 0) is 38.0 Å². The molecule has 19 nitrogen and oxygen atoms in total. The Morgan fingerprint density at radius 1 is 0.887 bits per heavy atom. The summed E-state index contributed by atoms with van der Waals surface area (Å²) in [5, 5.41) is 76.5. The number of hydrogen-bond donors (Lipinski definition) is 7. The lowest BCUT2D eigenvalue weighted by Crippen LogP contribution is -2.64. The molecule has 0 bridgehead atoms. The zero-order valence-electron chi connectivity index (χ0n) is 34.9. The fraction of sp³-hybridized carbons (Fsp3) is 0.605. The number of nitrogens with zero attached hydrogens (tertiary/aromatic N) is 3. The number of rotatable bonds is 19. The third kappa shape index (κ3) is 11.1. The smallest absolute Gasteiger partial charge is 0.338 e. The summed E-state index contributed by atoms with van der Waals surface area (Å²) in [6, 6.07) is 16.2. The predicted octanol–water partition coefficient (Wildman–Crippen LogP) is 1.01. The Morgan fingerprint density at radius 2 is 1.60 bits per heavy atom. The minimum Gasteiger partial charge on any atom is -0.479 e. The monoisotopic (exact) mass is 870 g/mol. The third-order valence-corrected chi connectivity index (χ3v) is 11.6. The molecule has 62 heavy (non-hydrogen) atoms. The number of carboxylic acid groups (broad SMARTS) is 1. The number of ketones is 1. The zero-order valence-corrected chi connectivity index (χ0v) is 34.9. The number of aliphatic carboxylic acids is 1. The Kier molecular flexibility index (Phi) is 16.7. The first-order valence-electron chi connectivity index (χ1n) is 21.1. The van der Waals surface area contributed by atoms with Crippen molar-refractivity contribution < 1.29 is 73.4 Å². The highest BCUT2D eigenvalue weighted by molar-refractivity contribution is 5.89. The summed E-state index contributed by atoms with van der Waals surface area (Å²) in [5.41, 5.74) is 1.35. The van der Waals surface area contributed by atoms with Crippen molar-refractivity contribution in [2.24, 2.45) is 5.92 Å². The molecule has 0 spiro atoms. The summed E-state index contributed by atoms with van der Waals surface area (Å²) in [5.74, 6) is -3.03. The SMILES string of the molecule is CCC[C@H](OC1C(OC(=O)c2ccccc2)[C@H](O[C@@H]2CC(C(=O)CCCNC)CC(n3cc(-c4ccccc4)nn3)[C@H]2O[C@@H]2OC(C)[C@@H](O)[C@H](O)C2O)O[C@@H](CO)[C@@H]1O)C(=O)O. The van der Waals surface area contributed by atoms with Gasteiger partial charge in [-0.15, -0.1) is 5.10 Å². The molecule has 19 heteroatoms. The summed E-state index contributed by atoms with van der Waals surface area (Å²) in [4.78, 5) is 40.2. The molecule has 2 saturated heterocycles. The Morgan fingerprint density at radius 3 is 2.26 bits per heavy atom. The molecule has 3 heterocycles. The number of aromatic nitrogens is 3. The quantitative estimate of drug-likeness (QED) is 0.0654. The average Bonchev–Trinajstić information content (AvgIpc) is 3.78. The number of ether oxygens (including phenoxy) is 6. The largest absolute Gasteiger partial charge is 0.479 e. The van der Waals surface area contributed by atoms with Gasteiger partial charge >= 0.3 is 11.9 Å². The van der Waals surface area contributed by atoms with Crippen LogP contribution in [0.25, 0.3) is 11.3 Å². The molecule has 3 fully saturated rings.